The number of halogens is 1. The second-order valence-electron chi connectivity index (χ2n) is 3.90. The molecule has 0 atom stereocenters. The largest absolute Gasteiger partial charge is 0.369 e. The smallest absolute Gasteiger partial charge is 0.151 e. The van der Waals surface area contributed by atoms with E-state index in [0.29, 0.717) is 0 Å². The van der Waals surface area contributed by atoms with Gasteiger partial charge in [-0.15, -0.1) is 0 Å². The van der Waals surface area contributed by atoms with Gasteiger partial charge in [-0.1, -0.05) is 28.1 Å². The minimum absolute atomic E-state index is 0.898. The number of rotatable bonds is 2. The van der Waals surface area contributed by atoms with Gasteiger partial charge in [-0.05, 0) is 18.6 Å². The van der Waals surface area contributed by atoms with Crippen molar-refractivity contribution in [2.24, 2.45) is 0 Å². The topological polar surface area (TPSA) is 40.7 Å². The van der Waals surface area contributed by atoms with E-state index in [1.165, 1.54) is 21.2 Å². The molecule has 82 valence electrons. The van der Waals surface area contributed by atoms with Crippen molar-refractivity contribution < 1.29 is 0 Å². The summed E-state index contributed by atoms with van der Waals surface area (Å²) in [5, 5.41) is 10.7. The first-order chi connectivity index (χ1) is 7.81. The summed E-state index contributed by atoms with van der Waals surface area (Å²) >= 11 is 3.60. The molecule has 2 N–H and O–H groups in total. The zero-order valence-electron chi connectivity index (χ0n) is 8.97. The molecule has 0 saturated heterocycles. The molecule has 0 bridgehead atoms. The molecule has 3 nitrogen and oxygen atoms in total. The van der Waals surface area contributed by atoms with E-state index < -0.39 is 0 Å². The van der Waals surface area contributed by atoms with Gasteiger partial charge in [0.15, 0.2) is 5.82 Å². The second kappa shape index (κ2) is 3.63. The van der Waals surface area contributed by atoms with Gasteiger partial charge in [0, 0.05) is 28.6 Å². The van der Waals surface area contributed by atoms with Crippen LogP contribution < -0.4 is 5.32 Å². The average molecular weight is 278 g/mol. The van der Waals surface area contributed by atoms with Gasteiger partial charge in [-0.2, -0.15) is 5.10 Å². The van der Waals surface area contributed by atoms with Crippen LogP contribution in [0.1, 0.15) is 18.1 Å². The lowest BCUT2D eigenvalue weighted by atomic mass is 10.1. The van der Waals surface area contributed by atoms with Crippen molar-refractivity contribution in [3.63, 3.8) is 0 Å². The van der Waals surface area contributed by atoms with Gasteiger partial charge in [0.1, 0.15) is 0 Å². The fourth-order valence-electron chi connectivity index (χ4n) is 2.22. The summed E-state index contributed by atoms with van der Waals surface area (Å²) in [6.07, 6.45) is 0.949. The van der Waals surface area contributed by atoms with Gasteiger partial charge in [-0.3, -0.25) is 5.10 Å². The van der Waals surface area contributed by atoms with Crippen molar-refractivity contribution >= 4 is 21.7 Å². The molecule has 1 heterocycles. The molecule has 0 unspecified atom stereocenters. The molecule has 1 aromatic carbocycles. The number of hydrogen-bond acceptors (Lipinski definition) is 2. The minimum atomic E-state index is 0.898. The standard InChI is InChI=1S/C12H12BrN3/c1-2-14-12-9-6-8-7(11(9)15-16-12)4-3-5-10(8)13/h3-5H,2,6H2,1H3,(H2,14,15,16). The Labute approximate surface area is 102 Å². The third-order valence-corrected chi connectivity index (χ3v) is 3.70. The number of hydrogen-bond donors (Lipinski definition) is 2. The summed E-state index contributed by atoms with van der Waals surface area (Å²) in [6, 6.07) is 6.29. The fraction of sp³-hybridized carbons (Fsp3) is 0.250. The van der Waals surface area contributed by atoms with Gasteiger partial charge in [0.25, 0.3) is 0 Å². The highest BCUT2D eigenvalue weighted by atomic mass is 79.9. The lowest BCUT2D eigenvalue weighted by molar-refractivity contribution is 1.06. The molecule has 1 aromatic heterocycles. The molecule has 0 radical (unpaired) electrons. The summed E-state index contributed by atoms with van der Waals surface area (Å²) in [5.41, 5.74) is 5.06. The van der Waals surface area contributed by atoms with Crippen LogP contribution in [-0.4, -0.2) is 16.7 Å². The zero-order valence-corrected chi connectivity index (χ0v) is 10.6. The Kier molecular flexibility index (Phi) is 2.24. The Morgan fingerprint density at radius 3 is 3.12 bits per heavy atom. The third kappa shape index (κ3) is 1.29. The number of benzene rings is 1. The molecule has 0 aliphatic heterocycles. The highest BCUT2D eigenvalue weighted by Gasteiger charge is 2.25. The molecule has 0 spiro atoms. The van der Waals surface area contributed by atoms with Crippen LogP contribution >= 0.6 is 15.9 Å². The van der Waals surface area contributed by atoms with E-state index in [1.807, 2.05) is 0 Å². The summed E-state index contributed by atoms with van der Waals surface area (Å²) in [5.74, 6) is 0.987. The summed E-state index contributed by atoms with van der Waals surface area (Å²) in [4.78, 5) is 0. The lowest BCUT2D eigenvalue weighted by Gasteiger charge is -2.02. The van der Waals surface area contributed by atoms with E-state index >= 15 is 0 Å². The summed E-state index contributed by atoms with van der Waals surface area (Å²) in [6.45, 7) is 2.98. The van der Waals surface area contributed by atoms with Gasteiger partial charge < -0.3 is 5.32 Å². The monoisotopic (exact) mass is 277 g/mol. The van der Waals surface area contributed by atoms with Gasteiger partial charge >= 0.3 is 0 Å². The molecule has 4 heteroatoms. The van der Waals surface area contributed by atoms with E-state index in [4.69, 9.17) is 0 Å². The van der Waals surface area contributed by atoms with Crippen LogP contribution in [0.4, 0.5) is 5.82 Å². The Balaban J connectivity index is 2.13. The number of nitrogens with zero attached hydrogens (tertiary/aromatic N) is 1. The SMILES string of the molecule is CCNc1n[nH]c2c1Cc1c(Br)cccc1-2. The van der Waals surface area contributed by atoms with E-state index in [-0.39, 0.29) is 0 Å². The van der Waals surface area contributed by atoms with Crippen LogP contribution in [0.3, 0.4) is 0 Å². The van der Waals surface area contributed by atoms with Crippen LogP contribution in [0.25, 0.3) is 11.3 Å². The zero-order chi connectivity index (χ0) is 11.1. The second-order valence-corrected chi connectivity index (χ2v) is 4.75. The Bertz CT molecular complexity index is 545. The molecule has 0 amide bonds. The number of aromatic amines is 1. The molecular weight excluding hydrogens is 266 g/mol. The van der Waals surface area contributed by atoms with Gasteiger partial charge in [0.2, 0.25) is 0 Å². The first-order valence-electron chi connectivity index (χ1n) is 5.40. The first-order valence-corrected chi connectivity index (χ1v) is 6.19. The van der Waals surface area contributed by atoms with E-state index in [9.17, 15) is 0 Å². The molecule has 2 aromatic rings. The predicted molar refractivity (Wildman–Crippen MR) is 68.7 cm³/mol. The van der Waals surface area contributed by atoms with Crippen molar-refractivity contribution in [3.8, 4) is 11.3 Å². The highest BCUT2D eigenvalue weighted by molar-refractivity contribution is 9.10. The molecule has 3 rings (SSSR count). The number of nitrogens with one attached hydrogen (secondary N) is 2. The van der Waals surface area contributed by atoms with Crippen molar-refractivity contribution in [1.29, 1.82) is 0 Å². The Morgan fingerprint density at radius 1 is 1.44 bits per heavy atom. The van der Waals surface area contributed by atoms with Crippen LogP contribution in [0.2, 0.25) is 0 Å². The minimum Gasteiger partial charge on any atom is -0.369 e. The first kappa shape index (κ1) is 9.90. The third-order valence-electron chi connectivity index (χ3n) is 2.95. The lowest BCUT2D eigenvalue weighted by Crippen LogP contribution is -1.99. The van der Waals surface area contributed by atoms with Crippen LogP contribution in [0.15, 0.2) is 22.7 Å². The van der Waals surface area contributed by atoms with E-state index in [1.54, 1.807) is 0 Å². The molecule has 0 fully saturated rings. The summed E-state index contributed by atoms with van der Waals surface area (Å²) in [7, 11) is 0. The summed E-state index contributed by atoms with van der Waals surface area (Å²) < 4.78 is 1.18. The number of H-pyrrole nitrogens is 1. The number of fused-ring (bicyclic) bond motifs is 3. The Morgan fingerprint density at radius 2 is 2.31 bits per heavy atom. The van der Waals surface area contributed by atoms with Crippen LogP contribution in [0, 0.1) is 0 Å². The van der Waals surface area contributed by atoms with Crippen LogP contribution in [-0.2, 0) is 6.42 Å². The normalized spacial score (nSPS) is 12.4. The molecule has 1 aliphatic carbocycles. The van der Waals surface area contributed by atoms with Gasteiger partial charge in [0.05, 0.1) is 5.69 Å². The molecular formula is C12H12BrN3. The highest BCUT2D eigenvalue weighted by Crippen LogP contribution is 2.41. The quantitative estimate of drug-likeness (QED) is 0.756. The molecule has 0 saturated carbocycles. The molecule has 1 aliphatic rings. The van der Waals surface area contributed by atoms with E-state index in [2.05, 4.69) is 56.6 Å². The van der Waals surface area contributed by atoms with Gasteiger partial charge in [-0.25, -0.2) is 0 Å². The molecule has 16 heavy (non-hydrogen) atoms. The van der Waals surface area contributed by atoms with Crippen molar-refractivity contribution in [1.82, 2.24) is 10.2 Å². The maximum atomic E-state index is 4.30. The van der Waals surface area contributed by atoms with E-state index in [0.717, 1.165) is 24.5 Å². The average Bonchev–Trinajstić information content (AvgIpc) is 2.81. The maximum absolute atomic E-state index is 4.30. The van der Waals surface area contributed by atoms with Crippen molar-refractivity contribution in [3.05, 3.63) is 33.8 Å². The van der Waals surface area contributed by atoms with Crippen molar-refractivity contribution in [2.45, 2.75) is 13.3 Å². The number of aromatic nitrogens is 2. The fourth-order valence-corrected chi connectivity index (χ4v) is 2.73. The predicted octanol–water partition coefficient (Wildman–Crippen LogP) is 3.18. The number of anilines is 1. The Hall–Kier alpha value is -1.29. The van der Waals surface area contributed by atoms with Crippen LogP contribution in [0.5, 0.6) is 0 Å². The maximum Gasteiger partial charge on any atom is 0.151 e. The van der Waals surface area contributed by atoms with Crippen molar-refractivity contribution in [2.75, 3.05) is 11.9 Å².